The van der Waals surface area contributed by atoms with E-state index in [2.05, 4.69) is 5.10 Å². The maximum atomic E-state index is 9.80. The minimum atomic E-state index is -0.556. The van der Waals surface area contributed by atoms with Crippen LogP contribution in [0.25, 0.3) is 0 Å². The van der Waals surface area contributed by atoms with Gasteiger partial charge in [-0.2, -0.15) is 5.10 Å². The second-order valence-electron chi connectivity index (χ2n) is 4.03. The predicted octanol–water partition coefficient (Wildman–Crippen LogP) is 0.598. The molecule has 4 nitrogen and oxygen atoms in total. The van der Waals surface area contributed by atoms with E-state index in [1.54, 1.807) is 0 Å². The molecule has 1 atom stereocenters. The third-order valence-electron chi connectivity index (χ3n) is 2.93. The molecule has 1 aliphatic carbocycles. The van der Waals surface area contributed by atoms with Crippen LogP contribution in [0.15, 0.2) is 0 Å². The van der Waals surface area contributed by atoms with Crippen molar-refractivity contribution in [2.24, 2.45) is 12.8 Å². The highest BCUT2D eigenvalue weighted by atomic mass is 16.3. The molecule has 1 heterocycles. The molecule has 0 saturated heterocycles. The Balaban J connectivity index is 2.42. The predicted molar refractivity (Wildman–Crippen MR) is 53.9 cm³/mol. The summed E-state index contributed by atoms with van der Waals surface area (Å²) in [6.07, 6.45) is 1.83. The van der Waals surface area contributed by atoms with Crippen molar-refractivity contribution < 1.29 is 5.11 Å². The summed E-state index contributed by atoms with van der Waals surface area (Å²) in [5.74, 6) is 0.561. The van der Waals surface area contributed by atoms with Crippen molar-refractivity contribution in [1.82, 2.24) is 9.78 Å². The zero-order chi connectivity index (χ0) is 10.3. The Labute approximate surface area is 83.7 Å². The third-order valence-corrected chi connectivity index (χ3v) is 2.93. The van der Waals surface area contributed by atoms with E-state index in [1.807, 2.05) is 18.7 Å². The maximum Gasteiger partial charge on any atom is 0.0948 e. The number of aliphatic hydroxyl groups is 1. The van der Waals surface area contributed by atoms with Gasteiger partial charge in [0.25, 0.3) is 0 Å². The van der Waals surface area contributed by atoms with E-state index in [4.69, 9.17) is 5.73 Å². The molecule has 0 aliphatic heterocycles. The second kappa shape index (κ2) is 3.37. The first-order valence-electron chi connectivity index (χ1n) is 5.06. The van der Waals surface area contributed by atoms with Gasteiger partial charge < -0.3 is 10.8 Å². The number of aliphatic hydroxyl groups excluding tert-OH is 1. The molecule has 78 valence electrons. The fraction of sp³-hybridized carbons (Fsp3) is 0.700. The van der Waals surface area contributed by atoms with Crippen molar-refractivity contribution in [3.05, 3.63) is 17.0 Å². The number of rotatable bonds is 3. The average molecular weight is 195 g/mol. The van der Waals surface area contributed by atoms with Crippen molar-refractivity contribution in [2.45, 2.75) is 31.8 Å². The van der Waals surface area contributed by atoms with Crippen LogP contribution in [0.1, 0.15) is 41.8 Å². The molecular formula is C10H17N3O. The van der Waals surface area contributed by atoms with Crippen molar-refractivity contribution in [3.63, 3.8) is 0 Å². The molecule has 4 heteroatoms. The highest BCUT2D eigenvalue weighted by Crippen LogP contribution is 2.42. The first-order valence-corrected chi connectivity index (χ1v) is 5.06. The summed E-state index contributed by atoms with van der Waals surface area (Å²) in [5.41, 5.74) is 8.53. The maximum absolute atomic E-state index is 9.80. The summed E-state index contributed by atoms with van der Waals surface area (Å²) in [7, 11) is 1.91. The summed E-state index contributed by atoms with van der Waals surface area (Å²) < 4.78 is 1.84. The standard InChI is InChI=1S/C10H17N3O/c1-6-9(8(14)5-11)10(7-3-4-7)12-13(6)2/h7-8,14H,3-5,11H2,1-2H3. The lowest BCUT2D eigenvalue weighted by Gasteiger charge is -2.09. The molecule has 14 heavy (non-hydrogen) atoms. The third kappa shape index (κ3) is 1.44. The van der Waals surface area contributed by atoms with Crippen LogP contribution in [-0.4, -0.2) is 21.4 Å². The Kier molecular flexibility index (Phi) is 2.33. The number of hydrogen-bond donors (Lipinski definition) is 2. The molecule has 3 N–H and O–H groups in total. The lowest BCUT2D eigenvalue weighted by atomic mass is 10.0. The van der Waals surface area contributed by atoms with Gasteiger partial charge in [-0.15, -0.1) is 0 Å². The monoisotopic (exact) mass is 195 g/mol. The minimum absolute atomic E-state index is 0.270. The van der Waals surface area contributed by atoms with Gasteiger partial charge in [0.2, 0.25) is 0 Å². The summed E-state index contributed by atoms with van der Waals surface area (Å²) in [6.45, 7) is 2.25. The van der Waals surface area contributed by atoms with Gasteiger partial charge in [0.05, 0.1) is 11.8 Å². The fourth-order valence-corrected chi connectivity index (χ4v) is 1.84. The normalized spacial score (nSPS) is 18.6. The average Bonchev–Trinajstić information content (AvgIpc) is 2.95. The molecule has 0 radical (unpaired) electrons. The molecule has 0 amide bonds. The van der Waals surface area contributed by atoms with Crippen molar-refractivity contribution in [1.29, 1.82) is 0 Å². The zero-order valence-electron chi connectivity index (χ0n) is 8.70. The van der Waals surface area contributed by atoms with E-state index < -0.39 is 6.10 Å². The largest absolute Gasteiger partial charge is 0.387 e. The number of aromatic nitrogens is 2. The summed E-state index contributed by atoms with van der Waals surface area (Å²) in [4.78, 5) is 0. The zero-order valence-corrected chi connectivity index (χ0v) is 8.70. The number of nitrogens with zero attached hydrogens (tertiary/aromatic N) is 2. The Hall–Kier alpha value is -0.870. The Bertz CT molecular complexity index is 341. The molecule has 0 bridgehead atoms. The molecule has 1 aliphatic rings. The molecule has 1 fully saturated rings. The van der Waals surface area contributed by atoms with Crippen LogP contribution in [0.2, 0.25) is 0 Å². The minimum Gasteiger partial charge on any atom is -0.387 e. The van der Waals surface area contributed by atoms with Crippen LogP contribution in [0.5, 0.6) is 0 Å². The topological polar surface area (TPSA) is 64.1 Å². The van der Waals surface area contributed by atoms with Gasteiger partial charge >= 0.3 is 0 Å². The number of aryl methyl sites for hydroxylation is 1. The molecule has 0 spiro atoms. The van der Waals surface area contributed by atoms with Gasteiger partial charge in [-0.05, 0) is 19.8 Å². The quantitative estimate of drug-likeness (QED) is 0.742. The number of hydrogen-bond acceptors (Lipinski definition) is 3. The lowest BCUT2D eigenvalue weighted by molar-refractivity contribution is 0.185. The fourth-order valence-electron chi connectivity index (χ4n) is 1.84. The van der Waals surface area contributed by atoms with Crippen LogP contribution in [0.3, 0.4) is 0 Å². The molecule has 1 unspecified atom stereocenters. The molecule has 2 rings (SSSR count). The first-order chi connectivity index (χ1) is 6.65. The first kappa shape index (κ1) is 9.68. The lowest BCUT2D eigenvalue weighted by Crippen LogP contribution is -2.13. The summed E-state index contributed by atoms with van der Waals surface area (Å²) in [6, 6.07) is 0. The van der Waals surface area contributed by atoms with E-state index in [0.717, 1.165) is 17.0 Å². The van der Waals surface area contributed by atoms with E-state index in [1.165, 1.54) is 12.8 Å². The van der Waals surface area contributed by atoms with Gasteiger partial charge in [0.1, 0.15) is 0 Å². The molecule has 1 aromatic heterocycles. The van der Waals surface area contributed by atoms with Crippen LogP contribution < -0.4 is 5.73 Å². The van der Waals surface area contributed by atoms with Gasteiger partial charge in [0.15, 0.2) is 0 Å². The molecule has 0 aromatic carbocycles. The van der Waals surface area contributed by atoms with Crippen LogP contribution in [-0.2, 0) is 7.05 Å². The van der Waals surface area contributed by atoms with Crippen molar-refractivity contribution in [2.75, 3.05) is 6.54 Å². The molecular weight excluding hydrogens is 178 g/mol. The summed E-state index contributed by atoms with van der Waals surface area (Å²) >= 11 is 0. The van der Waals surface area contributed by atoms with Gasteiger partial charge in [0, 0.05) is 30.8 Å². The van der Waals surface area contributed by atoms with Crippen molar-refractivity contribution in [3.8, 4) is 0 Å². The van der Waals surface area contributed by atoms with Gasteiger partial charge in [-0.25, -0.2) is 0 Å². The highest BCUT2D eigenvalue weighted by Gasteiger charge is 2.32. The van der Waals surface area contributed by atoms with E-state index in [0.29, 0.717) is 5.92 Å². The van der Waals surface area contributed by atoms with E-state index >= 15 is 0 Å². The van der Waals surface area contributed by atoms with Crippen LogP contribution in [0, 0.1) is 6.92 Å². The van der Waals surface area contributed by atoms with Gasteiger partial charge in [-0.3, -0.25) is 4.68 Å². The highest BCUT2D eigenvalue weighted by molar-refractivity contribution is 5.33. The Morgan fingerprint density at radius 3 is 2.79 bits per heavy atom. The smallest absolute Gasteiger partial charge is 0.0948 e. The second-order valence-corrected chi connectivity index (χ2v) is 4.03. The van der Waals surface area contributed by atoms with E-state index in [9.17, 15) is 5.11 Å². The van der Waals surface area contributed by atoms with Gasteiger partial charge in [-0.1, -0.05) is 0 Å². The Morgan fingerprint density at radius 2 is 2.29 bits per heavy atom. The SMILES string of the molecule is Cc1c(C(O)CN)c(C2CC2)nn1C. The Morgan fingerprint density at radius 1 is 1.64 bits per heavy atom. The van der Waals surface area contributed by atoms with E-state index in [-0.39, 0.29) is 6.54 Å². The number of nitrogens with two attached hydrogens (primary N) is 1. The van der Waals surface area contributed by atoms with Crippen LogP contribution >= 0.6 is 0 Å². The van der Waals surface area contributed by atoms with Crippen molar-refractivity contribution >= 4 is 0 Å². The molecule has 1 saturated carbocycles. The summed E-state index contributed by atoms with van der Waals surface area (Å²) in [5, 5.41) is 14.2. The molecule has 1 aromatic rings. The van der Waals surface area contributed by atoms with Crippen LogP contribution in [0.4, 0.5) is 0 Å².